The summed E-state index contributed by atoms with van der Waals surface area (Å²) in [6.45, 7) is 4.57. The molecule has 1 saturated heterocycles. The van der Waals surface area contributed by atoms with Crippen LogP contribution in [0.4, 0.5) is 5.69 Å². The van der Waals surface area contributed by atoms with E-state index >= 15 is 0 Å². The van der Waals surface area contributed by atoms with Crippen LogP contribution in [0.1, 0.15) is 24.0 Å². The van der Waals surface area contributed by atoms with E-state index in [4.69, 9.17) is 0 Å². The normalized spacial score (nSPS) is 19.3. The number of likely N-dealkylation sites (tertiary alicyclic amines) is 1. The first-order valence-electron chi connectivity index (χ1n) is 8.29. The number of hydrogen-bond donors (Lipinski definition) is 2. The lowest BCUT2D eigenvalue weighted by Crippen LogP contribution is -2.24. The van der Waals surface area contributed by atoms with Crippen LogP contribution in [0.5, 0.6) is 0 Å². The second-order valence-corrected chi connectivity index (χ2v) is 7.29. The fourth-order valence-electron chi connectivity index (χ4n) is 3.00. The first kappa shape index (κ1) is 17.1. The van der Waals surface area contributed by atoms with Crippen LogP contribution in [0.15, 0.2) is 35.7 Å². The number of aliphatic hydroxyl groups excluding tert-OH is 1. The molecule has 1 aliphatic heterocycles. The fourth-order valence-corrected chi connectivity index (χ4v) is 3.78. The molecular formula is C18H23N3O2S. The highest BCUT2D eigenvalue weighted by Crippen LogP contribution is 2.22. The third kappa shape index (κ3) is 4.63. The fraction of sp³-hybridized carbons (Fsp3) is 0.444. The lowest BCUT2D eigenvalue weighted by Gasteiger charge is -2.16. The summed E-state index contributed by atoms with van der Waals surface area (Å²) in [4.78, 5) is 19.0. The zero-order valence-electron chi connectivity index (χ0n) is 13.8. The molecule has 0 spiro atoms. The minimum atomic E-state index is -0.248. The Morgan fingerprint density at radius 3 is 2.96 bits per heavy atom. The predicted molar refractivity (Wildman–Crippen MR) is 96.0 cm³/mol. The molecule has 2 atom stereocenters. The van der Waals surface area contributed by atoms with Gasteiger partial charge in [0.1, 0.15) is 5.01 Å². The molecule has 1 aliphatic rings. The molecule has 24 heavy (non-hydrogen) atoms. The van der Waals surface area contributed by atoms with Crippen molar-refractivity contribution in [1.29, 1.82) is 0 Å². The lowest BCUT2D eigenvalue weighted by atomic mass is 10.0. The predicted octanol–water partition coefficient (Wildman–Crippen LogP) is 2.53. The zero-order valence-corrected chi connectivity index (χ0v) is 14.6. The van der Waals surface area contributed by atoms with Crippen molar-refractivity contribution in [3.63, 3.8) is 0 Å². The standard InChI is InChI=1S/C18H23N3O2S/c1-13(22)14-7-8-21(10-14)11-16-12-24-18(20-16)9-17(23)19-15-5-3-2-4-6-15/h2-6,12-14,22H,7-11H2,1H3,(H,19,23). The smallest absolute Gasteiger partial charge is 0.231 e. The Morgan fingerprint density at radius 2 is 2.25 bits per heavy atom. The Kier molecular flexibility index (Phi) is 5.60. The van der Waals surface area contributed by atoms with Crippen molar-refractivity contribution in [2.24, 2.45) is 5.92 Å². The van der Waals surface area contributed by atoms with E-state index in [1.807, 2.05) is 42.6 Å². The molecule has 6 heteroatoms. The number of carbonyl (C=O) groups excluding carboxylic acids is 1. The van der Waals surface area contributed by atoms with Crippen LogP contribution in [0.25, 0.3) is 0 Å². The van der Waals surface area contributed by atoms with Gasteiger partial charge in [0, 0.05) is 24.2 Å². The van der Waals surface area contributed by atoms with Crippen molar-refractivity contribution >= 4 is 22.9 Å². The molecule has 2 N–H and O–H groups in total. The van der Waals surface area contributed by atoms with Gasteiger partial charge in [-0.05, 0) is 37.9 Å². The number of carbonyl (C=O) groups is 1. The molecule has 0 radical (unpaired) electrons. The van der Waals surface area contributed by atoms with Gasteiger partial charge in [0.15, 0.2) is 0 Å². The summed E-state index contributed by atoms with van der Waals surface area (Å²) in [5.74, 6) is 0.317. The summed E-state index contributed by atoms with van der Waals surface area (Å²) < 4.78 is 0. The molecule has 3 rings (SSSR count). The van der Waals surface area contributed by atoms with Gasteiger partial charge in [-0.3, -0.25) is 9.69 Å². The van der Waals surface area contributed by atoms with Gasteiger partial charge in [-0.25, -0.2) is 4.98 Å². The third-order valence-electron chi connectivity index (χ3n) is 4.35. The number of rotatable bonds is 6. The number of aliphatic hydroxyl groups is 1. The van der Waals surface area contributed by atoms with Crippen LogP contribution in [-0.2, 0) is 17.8 Å². The maximum absolute atomic E-state index is 12.1. The zero-order chi connectivity index (χ0) is 16.9. The van der Waals surface area contributed by atoms with E-state index in [0.29, 0.717) is 12.3 Å². The number of benzene rings is 1. The van der Waals surface area contributed by atoms with Crippen LogP contribution >= 0.6 is 11.3 Å². The second kappa shape index (κ2) is 7.88. The van der Waals surface area contributed by atoms with Crippen molar-refractivity contribution < 1.29 is 9.90 Å². The van der Waals surface area contributed by atoms with Crippen LogP contribution in [0, 0.1) is 5.92 Å². The SMILES string of the molecule is CC(O)C1CCN(Cc2csc(CC(=O)Nc3ccccc3)n2)C1. The van der Waals surface area contributed by atoms with E-state index in [1.165, 1.54) is 11.3 Å². The van der Waals surface area contributed by atoms with Crippen molar-refractivity contribution in [3.05, 3.63) is 46.4 Å². The van der Waals surface area contributed by atoms with E-state index in [9.17, 15) is 9.90 Å². The third-order valence-corrected chi connectivity index (χ3v) is 5.24. The lowest BCUT2D eigenvalue weighted by molar-refractivity contribution is -0.115. The van der Waals surface area contributed by atoms with Gasteiger partial charge in [-0.1, -0.05) is 18.2 Å². The molecular weight excluding hydrogens is 322 g/mol. The molecule has 0 saturated carbocycles. The molecule has 1 aromatic heterocycles. The Labute approximate surface area is 146 Å². The van der Waals surface area contributed by atoms with Gasteiger partial charge in [0.25, 0.3) is 0 Å². The number of aromatic nitrogens is 1. The summed E-state index contributed by atoms with van der Waals surface area (Å²) in [5.41, 5.74) is 1.81. The first-order chi connectivity index (χ1) is 11.6. The molecule has 1 fully saturated rings. The maximum atomic E-state index is 12.1. The summed E-state index contributed by atoms with van der Waals surface area (Å²) >= 11 is 1.53. The number of thiazole rings is 1. The molecule has 2 aromatic rings. The topological polar surface area (TPSA) is 65.5 Å². The van der Waals surface area contributed by atoms with E-state index in [2.05, 4.69) is 15.2 Å². The minimum Gasteiger partial charge on any atom is -0.393 e. The van der Waals surface area contributed by atoms with Crippen LogP contribution in [0.2, 0.25) is 0 Å². The van der Waals surface area contributed by atoms with Gasteiger partial charge < -0.3 is 10.4 Å². The highest BCUT2D eigenvalue weighted by atomic mass is 32.1. The first-order valence-corrected chi connectivity index (χ1v) is 9.16. The molecule has 5 nitrogen and oxygen atoms in total. The summed E-state index contributed by atoms with van der Waals surface area (Å²) in [6.07, 6.45) is 1.09. The van der Waals surface area contributed by atoms with Gasteiger partial charge in [-0.2, -0.15) is 0 Å². The van der Waals surface area contributed by atoms with Gasteiger partial charge in [0.2, 0.25) is 5.91 Å². The average Bonchev–Trinajstić information content (AvgIpc) is 3.18. The van der Waals surface area contributed by atoms with E-state index in [1.54, 1.807) is 0 Å². The largest absolute Gasteiger partial charge is 0.393 e. The number of anilines is 1. The van der Waals surface area contributed by atoms with Gasteiger partial charge >= 0.3 is 0 Å². The molecule has 0 bridgehead atoms. The van der Waals surface area contributed by atoms with E-state index in [0.717, 1.165) is 42.4 Å². The number of para-hydroxylation sites is 1. The van der Waals surface area contributed by atoms with Crippen LogP contribution < -0.4 is 5.32 Å². The number of nitrogens with one attached hydrogen (secondary N) is 1. The Bertz CT molecular complexity index is 672. The molecule has 2 heterocycles. The summed E-state index contributed by atoms with van der Waals surface area (Å²) in [7, 11) is 0. The summed E-state index contributed by atoms with van der Waals surface area (Å²) in [5, 5.41) is 15.4. The number of hydrogen-bond acceptors (Lipinski definition) is 5. The highest BCUT2D eigenvalue weighted by Gasteiger charge is 2.26. The van der Waals surface area contributed by atoms with Crippen molar-refractivity contribution in [3.8, 4) is 0 Å². The number of nitrogens with zero attached hydrogens (tertiary/aromatic N) is 2. The minimum absolute atomic E-state index is 0.0440. The monoisotopic (exact) mass is 345 g/mol. The maximum Gasteiger partial charge on any atom is 0.231 e. The van der Waals surface area contributed by atoms with Gasteiger partial charge in [0.05, 0.1) is 18.2 Å². The molecule has 0 aliphatic carbocycles. The van der Waals surface area contributed by atoms with Crippen molar-refractivity contribution in [1.82, 2.24) is 9.88 Å². The second-order valence-electron chi connectivity index (χ2n) is 6.35. The molecule has 2 unspecified atom stereocenters. The molecule has 128 valence electrons. The van der Waals surface area contributed by atoms with Gasteiger partial charge in [-0.15, -0.1) is 11.3 Å². The average molecular weight is 345 g/mol. The van der Waals surface area contributed by atoms with Crippen molar-refractivity contribution in [2.75, 3.05) is 18.4 Å². The van der Waals surface area contributed by atoms with Crippen LogP contribution in [-0.4, -0.2) is 40.1 Å². The summed E-state index contributed by atoms with van der Waals surface area (Å²) in [6, 6.07) is 9.46. The van der Waals surface area contributed by atoms with E-state index < -0.39 is 0 Å². The Balaban J connectivity index is 1.50. The highest BCUT2D eigenvalue weighted by molar-refractivity contribution is 7.09. The van der Waals surface area contributed by atoms with Crippen LogP contribution in [0.3, 0.4) is 0 Å². The molecule has 1 aromatic carbocycles. The number of amides is 1. The Hall–Kier alpha value is -1.76. The molecule has 1 amide bonds. The van der Waals surface area contributed by atoms with E-state index in [-0.39, 0.29) is 12.0 Å². The Morgan fingerprint density at radius 1 is 1.46 bits per heavy atom. The van der Waals surface area contributed by atoms with Crippen molar-refractivity contribution in [2.45, 2.75) is 32.4 Å². The quantitative estimate of drug-likeness (QED) is 0.844.